The summed E-state index contributed by atoms with van der Waals surface area (Å²) in [5.74, 6) is 2.24. The van der Waals surface area contributed by atoms with E-state index in [1.807, 2.05) is 48.6 Å². The zero-order valence-corrected chi connectivity index (χ0v) is 13.8. The van der Waals surface area contributed by atoms with E-state index in [9.17, 15) is 0 Å². The lowest BCUT2D eigenvalue weighted by Crippen LogP contribution is -1.92. The van der Waals surface area contributed by atoms with Gasteiger partial charge in [-0.2, -0.15) is 0 Å². The Balaban J connectivity index is 2.25. The normalized spacial score (nSPS) is 10.7. The molecule has 0 atom stereocenters. The molecule has 0 saturated heterocycles. The van der Waals surface area contributed by atoms with Crippen molar-refractivity contribution < 1.29 is 14.2 Å². The van der Waals surface area contributed by atoms with Crippen molar-refractivity contribution in [3.8, 4) is 17.2 Å². The van der Waals surface area contributed by atoms with E-state index in [4.69, 9.17) is 14.2 Å². The minimum absolute atomic E-state index is 0.694. The van der Waals surface area contributed by atoms with Crippen LogP contribution in [0.3, 0.4) is 0 Å². The van der Waals surface area contributed by atoms with Gasteiger partial charge in [0.2, 0.25) is 0 Å². The predicted octanol–water partition coefficient (Wildman–Crippen LogP) is 4.65. The number of hydrogen-bond acceptors (Lipinski definition) is 3. The molecule has 110 valence electrons. The molecule has 2 aromatic carbocycles. The zero-order valence-electron chi connectivity index (χ0n) is 12.2. The van der Waals surface area contributed by atoms with Crippen LogP contribution < -0.4 is 14.2 Å². The van der Waals surface area contributed by atoms with Crippen LogP contribution in [-0.2, 0) is 0 Å². The maximum Gasteiger partial charge on any atom is 0.174 e. The number of halogens is 1. The van der Waals surface area contributed by atoms with Gasteiger partial charge in [-0.15, -0.1) is 0 Å². The first-order chi connectivity index (χ1) is 10.2. The number of methoxy groups -OCH3 is 3. The molecule has 0 aliphatic heterocycles. The van der Waals surface area contributed by atoms with E-state index < -0.39 is 0 Å². The molecule has 0 amide bonds. The van der Waals surface area contributed by atoms with Gasteiger partial charge in [0.25, 0.3) is 0 Å². The van der Waals surface area contributed by atoms with E-state index in [0.29, 0.717) is 11.5 Å². The van der Waals surface area contributed by atoms with Gasteiger partial charge in [-0.3, -0.25) is 0 Å². The first-order valence-corrected chi connectivity index (χ1v) is 7.21. The van der Waals surface area contributed by atoms with Crippen molar-refractivity contribution in [2.75, 3.05) is 21.3 Å². The van der Waals surface area contributed by atoms with E-state index in [-0.39, 0.29) is 0 Å². The quantitative estimate of drug-likeness (QED) is 0.736. The molecule has 0 N–H and O–H groups in total. The lowest BCUT2D eigenvalue weighted by molar-refractivity contribution is 0.353. The predicted molar refractivity (Wildman–Crippen MR) is 89.2 cm³/mol. The van der Waals surface area contributed by atoms with Gasteiger partial charge in [0.15, 0.2) is 11.5 Å². The fourth-order valence-corrected chi connectivity index (χ4v) is 2.56. The van der Waals surface area contributed by atoms with Gasteiger partial charge in [-0.25, -0.2) is 0 Å². The average molecular weight is 349 g/mol. The van der Waals surface area contributed by atoms with Gasteiger partial charge in [-0.05, 0) is 51.3 Å². The second-order valence-electron chi connectivity index (χ2n) is 4.34. The van der Waals surface area contributed by atoms with Crippen LogP contribution in [0.1, 0.15) is 11.1 Å². The Morgan fingerprint density at radius 2 is 1.48 bits per heavy atom. The van der Waals surface area contributed by atoms with Crippen LogP contribution in [0.2, 0.25) is 0 Å². The molecule has 2 rings (SSSR count). The smallest absolute Gasteiger partial charge is 0.174 e. The molecule has 0 aliphatic rings. The maximum absolute atomic E-state index is 5.33. The van der Waals surface area contributed by atoms with E-state index in [1.54, 1.807) is 21.3 Å². The Hall–Kier alpha value is -1.94. The summed E-state index contributed by atoms with van der Waals surface area (Å²) in [4.78, 5) is 0. The molecular weight excluding hydrogens is 332 g/mol. The zero-order chi connectivity index (χ0) is 15.2. The van der Waals surface area contributed by atoms with Crippen LogP contribution in [0, 0.1) is 0 Å². The summed E-state index contributed by atoms with van der Waals surface area (Å²) < 4.78 is 16.6. The fourth-order valence-electron chi connectivity index (χ4n) is 1.94. The van der Waals surface area contributed by atoms with Gasteiger partial charge in [-0.1, -0.05) is 24.3 Å². The molecular formula is C17H17BrO3. The summed E-state index contributed by atoms with van der Waals surface area (Å²) in [7, 11) is 4.91. The van der Waals surface area contributed by atoms with E-state index in [2.05, 4.69) is 15.9 Å². The Morgan fingerprint density at radius 3 is 2.05 bits per heavy atom. The summed E-state index contributed by atoms with van der Waals surface area (Å²) in [6.07, 6.45) is 4.06. The molecule has 3 nitrogen and oxygen atoms in total. The van der Waals surface area contributed by atoms with Gasteiger partial charge in [0, 0.05) is 0 Å². The van der Waals surface area contributed by atoms with E-state index >= 15 is 0 Å². The van der Waals surface area contributed by atoms with Gasteiger partial charge >= 0.3 is 0 Å². The van der Waals surface area contributed by atoms with Crippen molar-refractivity contribution in [1.29, 1.82) is 0 Å². The number of rotatable bonds is 5. The molecule has 0 bridgehead atoms. The molecule has 0 spiro atoms. The lowest BCUT2D eigenvalue weighted by atomic mass is 10.1. The highest BCUT2D eigenvalue weighted by molar-refractivity contribution is 9.10. The SMILES string of the molecule is COc1ccc(/C=C/c2cc(Br)c(OC)c(OC)c2)cc1. The number of hydrogen-bond donors (Lipinski definition) is 0. The van der Waals surface area contributed by atoms with Crippen LogP contribution >= 0.6 is 15.9 Å². The van der Waals surface area contributed by atoms with Crippen LogP contribution in [0.4, 0.5) is 0 Å². The Kier molecular flexibility index (Phi) is 5.28. The first kappa shape index (κ1) is 15.4. The summed E-state index contributed by atoms with van der Waals surface area (Å²) in [5.41, 5.74) is 2.12. The van der Waals surface area contributed by atoms with E-state index in [1.165, 1.54) is 0 Å². The molecule has 2 aromatic rings. The molecule has 4 heteroatoms. The monoisotopic (exact) mass is 348 g/mol. The Morgan fingerprint density at radius 1 is 0.810 bits per heavy atom. The van der Waals surface area contributed by atoms with Gasteiger partial charge in [0.1, 0.15) is 5.75 Å². The molecule has 21 heavy (non-hydrogen) atoms. The molecule has 0 unspecified atom stereocenters. The second kappa shape index (κ2) is 7.18. The third-order valence-corrected chi connectivity index (χ3v) is 3.63. The lowest BCUT2D eigenvalue weighted by Gasteiger charge is -2.10. The third kappa shape index (κ3) is 3.79. The van der Waals surface area contributed by atoms with E-state index in [0.717, 1.165) is 21.3 Å². The van der Waals surface area contributed by atoms with Crippen molar-refractivity contribution in [2.45, 2.75) is 0 Å². The molecule has 0 aromatic heterocycles. The minimum Gasteiger partial charge on any atom is -0.497 e. The van der Waals surface area contributed by atoms with Crippen LogP contribution in [0.15, 0.2) is 40.9 Å². The summed E-state index contributed by atoms with van der Waals surface area (Å²) >= 11 is 3.49. The second-order valence-corrected chi connectivity index (χ2v) is 5.20. The topological polar surface area (TPSA) is 27.7 Å². The highest BCUT2D eigenvalue weighted by Crippen LogP contribution is 2.36. The van der Waals surface area contributed by atoms with Gasteiger partial charge in [0.05, 0.1) is 25.8 Å². The molecule has 0 radical (unpaired) electrons. The number of ether oxygens (including phenoxy) is 3. The van der Waals surface area contributed by atoms with Crippen LogP contribution in [0.25, 0.3) is 12.2 Å². The molecule has 0 heterocycles. The first-order valence-electron chi connectivity index (χ1n) is 6.41. The minimum atomic E-state index is 0.694. The Bertz CT molecular complexity index is 633. The van der Waals surface area contributed by atoms with Crippen molar-refractivity contribution in [1.82, 2.24) is 0 Å². The molecule has 0 aliphatic carbocycles. The summed E-state index contributed by atoms with van der Waals surface area (Å²) in [5, 5.41) is 0. The van der Waals surface area contributed by atoms with Crippen molar-refractivity contribution in [3.05, 3.63) is 52.0 Å². The fraction of sp³-hybridized carbons (Fsp3) is 0.176. The largest absolute Gasteiger partial charge is 0.497 e. The standard InChI is InChI=1S/C17H17BrO3/c1-19-14-8-6-12(7-9-14)4-5-13-10-15(18)17(21-3)16(11-13)20-2/h4-11H,1-3H3/b5-4+. The molecule has 0 fully saturated rings. The van der Waals surface area contributed by atoms with Crippen molar-refractivity contribution >= 4 is 28.1 Å². The van der Waals surface area contributed by atoms with Crippen LogP contribution in [0.5, 0.6) is 17.2 Å². The number of benzene rings is 2. The third-order valence-electron chi connectivity index (χ3n) is 3.04. The highest BCUT2D eigenvalue weighted by atomic mass is 79.9. The maximum atomic E-state index is 5.33. The van der Waals surface area contributed by atoms with Crippen molar-refractivity contribution in [3.63, 3.8) is 0 Å². The average Bonchev–Trinajstić information content (AvgIpc) is 2.52. The highest BCUT2D eigenvalue weighted by Gasteiger charge is 2.09. The van der Waals surface area contributed by atoms with Crippen molar-refractivity contribution in [2.24, 2.45) is 0 Å². The molecule has 0 saturated carbocycles. The summed E-state index contributed by atoms with van der Waals surface area (Å²) in [6.45, 7) is 0. The summed E-state index contributed by atoms with van der Waals surface area (Å²) in [6, 6.07) is 11.8. The van der Waals surface area contributed by atoms with Gasteiger partial charge < -0.3 is 14.2 Å². The van der Waals surface area contributed by atoms with Crippen LogP contribution in [-0.4, -0.2) is 21.3 Å². The Labute approximate surface area is 133 Å².